The van der Waals surface area contributed by atoms with Crippen LogP contribution in [-0.4, -0.2) is 35.6 Å². The van der Waals surface area contributed by atoms with Crippen LogP contribution in [0.2, 0.25) is 4.34 Å². The summed E-state index contributed by atoms with van der Waals surface area (Å²) in [5, 5.41) is 2.46. The average Bonchev–Trinajstić information content (AvgIpc) is 2.79. The van der Waals surface area contributed by atoms with Gasteiger partial charge in [-0.3, -0.25) is 4.79 Å². The Labute approximate surface area is 139 Å². The molecule has 1 aromatic rings. The van der Waals surface area contributed by atoms with E-state index in [1.165, 1.54) is 11.3 Å². The summed E-state index contributed by atoms with van der Waals surface area (Å²) in [5.74, 6) is -0.213. The number of thiophene rings is 1. The molecular formula is C15H21ClN2O3S. The van der Waals surface area contributed by atoms with Gasteiger partial charge in [0.1, 0.15) is 12.1 Å². The molecule has 0 radical (unpaired) electrons. The third-order valence-electron chi connectivity index (χ3n) is 2.46. The molecule has 5 nitrogen and oxygen atoms in total. The Morgan fingerprint density at radius 2 is 2.14 bits per heavy atom. The number of rotatable bonds is 6. The van der Waals surface area contributed by atoms with Crippen molar-refractivity contribution in [3.05, 3.63) is 34.0 Å². The van der Waals surface area contributed by atoms with E-state index in [0.29, 0.717) is 17.4 Å². The molecule has 1 heterocycles. The van der Waals surface area contributed by atoms with Crippen LogP contribution in [0.3, 0.4) is 0 Å². The van der Waals surface area contributed by atoms with Gasteiger partial charge in [-0.2, -0.15) is 0 Å². The lowest BCUT2D eigenvalue weighted by molar-refractivity contribution is -0.130. The lowest BCUT2D eigenvalue weighted by Gasteiger charge is -2.22. The van der Waals surface area contributed by atoms with Crippen molar-refractivity contribution in [3.8, 4) is 0 Å². The van der Waals surface area contributed by atoms with Crippen LogP contribution in [0, 0.1) is 0 Å². The fourth-order valence-corrected chi connectivity index (χ4v) is 2.71. The highest BCUT2D eigenvalue weighted by Gasteiger charge is 2.19. The summed E-state index contributed by atoms with van der Waals surface area (Å²) in [4.78, 5) is 26.3. The summed E-state index contributed by atoms with van der Waals surface area (Å²) >= 11 is 7.30. The maximum atomic E-state index is 12.2. The smallest absolute Gasteiger partial charge is 0.408 e. The highest BCUT2D eigenvalue weighted by Crippen LogP contribution is 2.22. The van der Waals surface area contributed by atoms with E-state index in [1.54, 1.807) is 37.8 Å². The van der Waals surface area contributed by atoms with Gasteiger partial charge in [-0.05, 0) is 32.9 Å². The normalized spacial score (nSPS) is 10.9. The van der Waals surface area contributed by atoms with Crippen LogP contribution in [0.1, 0.15) is 25.6 Å². The second-order valence-electron chi connectivity index (χ2n) is 5.62. The van der Waals surface area contributed by atoms with Crippen LogP contribution in [0.25, 0.3) is 0 Å². The maximum Gasteiger partial charge on any atom is 0.408 e. The number of carbonyl (C=O) groups is 2. The Morgan fingerprint density at radius 3 is 2.64 bits per heavy atom. The summed E-state index contributed by atoms with van der Waals surface area (Å²) in [7, 11) is 0. The topological polar surface area (TPSA) is 58.6 Å². The van der Waals surface area contributed by atoms with Gasteiger partial charge >= 0.3 is 6.09 Å². The van der Waals surface area contributed by atoms with E-state index in [1.807, 2.05) is 6.07 Å². The van der Waals surface area contributed by atoms with E-state index in [9.17, 15) is 9.59 Å². The monoisotopic (exact) mass is 344 g/mol. The lowest BCUT2D eigenvalue weighted by atomic mass is 10.2. The molecular weight excluding hydrogens is 324 g/mol. The van der Waals surface area contributed by atoms with Crippen molar-refractivity contribution < 1.29 is 14.3 Å². The first-order chi connectivity index (χ1) is 10.2. The number of alkyl carbamates (subject to hydrolysis) is 1. The summed E-state index contributed by atoms with van der Waals surface area (Å²) in [6.45, 7) is 9.63. The third kappa shape index (κ3) is 6.95. The first-order valence-electron chi connectivity index (χ1n) is 6.81. The molecule has 1 rings (SSSR count). The molecule has 0 aromatic carbocycles. The molecule has 0 spiro atoms. The van der Waals surface area contributed by atoms with Crippen LogP contribution < -0.4 is 5.32 Å². The minimum atomic E-state index is -0.612. The van der Waals surface area contributed by atoms with Crippen LogP contribution in [0.4, 0.5) is 4.79 Å². The first kappa shape index (κ1) is 18.5. The fourth-order valence-electron chi connectivity index (χ4n) is 1.61. The Bertz CT molecular complexity index is 537. The molecule has 1 N–H and O–H groups in total. The number of carbonyl (C=O) groups excluding carboxylic acids is 2. The molecule has 7 heteroatoms. The summed E-state index contributed by atoms with van der Waals surface area (Å²) in [6, 6.07) is 3.66. The number of ether oxygens (including phenoxy) is 1. The number of hydrogen-bond acceptors (Lipinski definition) is 4. The highest BCUT2D eigenvalue weighted by atomic mass is 35.5. The molecule has 0 bridgehead atoms. The predicted octanol–water partition coefficient (Wildman–Crippen LogP) is 3.44. The molecule has 2 amide bonds. The number of halogens is 1. The zero-order valence-corrected chi connectivity index (χ0v) is 14.6. The van der Waals surface area contributed by atoms with Crippen molar-refractivity contribution in [3.63, 3.8) is 0 Å². The van der Waals surface area contributed by atoms with Crippen molar-refractivity contribution in [1.29, 1.82) is 0 Å². The highest BCUT2D eigenvalue weighted by molar-refractivity contribution is 7.16. The molecule has 0 atom stereocenters. The standard InChI is InChI=1S/C15H21ClN2O3S/c1-5-8-18(10-11-6-7-12(16)22-11)13(19)9-17-14(20)21-15(2,3)4/h5-7H,1,8-10H2,2-4H3,(H,17,20). The Hall–Kier alpha value is -1.53. The Balaban J connectivity index is 2.54. The number of nitrogens with zero attached hydrogens (tertiary/aromatic N) is 1. The molecule has 0 unspecified atom stereocenters. The van der Waals surface area contributed by atoms with Gasteiger partial charge in [0.25, 0.3) is 0 Å². The lowest BCUT2D eigenvalue weighted by Crippen LogP contribution is -2.41. The van der Waals surface area contributed by atoms with Crippen molar-refractivity contribution in [2.24, 2.45) is 0 Å². The average molecular weight is 345 g/mol. The van der Waals surface area contributed by atoms with Gasteiger partial charge in [0.2, 0.25) is 5.91 Å². The van der Waals surface area contributed by atoms with Crippen molar-refractivity contribution in [1.82, 2.24) is 10.2 Å². The molecule has 122 valence electrons. The maximum absolute atomic E-state index is 12.2. The van der Waals surface area contributed by atoms with Crippen LogP contribution in [-0.2, 0) is 16.1 Å². The van der Waals surface area contributed by atoms with Gasteiger partial charge < -0.3 is 15.0 Å². The molecule has 0 aliphatic rings. The molecule has 0 saturated heterocycles. The van der Waals surface area contributed by atoms with E-state index in [4.69, 9.17) is 16.3 Å². The van der Waals surface area contributed by atoms with Crippen molar-refractivity contribution >= 4 is 34.9 Å². The fraction of sp³-hybridized carbons (Fsp3) is 0.467. The number of hydrogen-bond donors (Lipinski definition) is 1. The van der Waals surface area contributed by atoms with E-state index >= 15 is 0 Å². The van der Waals surface area contributed by atoms with E-state index < -0.39 is 11.7 Å². The van der Waals surface area contributed by atoms with Gasteiger partial charge in [0.05, 0.1) is 10.9 Å². The molecule has 0 aliphatic heterocycles. The predicted molar refractivity (Wildman–Crippen MR) is 89.2 cm³/mol. The zero-order chi connectivity index (χ0) is 16.8. The quantitative estimate of drug-likeness (QED) is 0.804. The summed E-state index contributed by atoms with van der Waals surface area (Å²) < 4.78 is 5.77. The Kier molecular flexibility index (Phi) is 6.90. The van der Waals surface area contributed by atoms with E-state index in [-0.39, 0.29) is 12.5 Å². The SMILES string of the molecule is C=CCN(Cc1ccc(Cl)s1)C(=O)CNC(=O)OC(C)(C)C. The summed E-state index contributed by atoms with van der Waals surface area (Å²) in [5.41, 5.74) is -0.596. The molecule has 1 aromatic heterocycles. The molecule has 0 aliphatic carbocycles. The van der Waals surface area contributed by atoms with Gasteiger partial charge in [-0.15, -0.1) is 17.9 Å². The largest absolute Gasteiger partial charge is 0.444 e. The number of amides is 2. The van der Waals surface area contributed by atoms with Crippen LogP contribution in [0.15, 0.2) is 24.8 Å². The third-order valence-corrected chi connectivity index (χ3v) is 3.68. The molecule has 0 saturated carbocycles. The molecule has 0 fully saturated rings. The molecule has 22 heavy (non-hydrogen) atoms. The van der Waals surface area contributed by atoms with E-state index in [2.05, 4.69) is 11.9 Å². The Morgan fingerprint density at radius 1 is 1.45 bits per heavy atom. The van der Waals surface area contributed by atoms with Crippen LogP contribution >= 0.6 is 22.9 Å². The second kappa shape index (κ2) is 8.19. The van der Waals surface area contributed by atoms with Gasteiger partial charge in [-0.1, -0.05) is 17.7 Å². The summed E-state index contributed by atoms with van der Waals surface area (Å²) in [6.07, 6.45) is 1.03. The van der Waals surface area contributed by atoms with Crippen LogP contribution in [0.5, 0.6) is 0 Å². The van der Waals surface area contributed by atoms with E-state index in [0.717, 1.165) is 4.88 Å². The van der Waals surface area contributed by atoms with Crippen molar-refractivity contribution in [2.45, 2.75) is 32.9 Å². The van der Waals surface area contributed by atoms with Gasteiger partial charge in [0.15, 0.2) is 0 Å². The minimum absolute atomic E-state index is 0.123. The minimum Gasteiger partial charge on any atom is -0.444 e. The zero-order valence-electron chi connectivity index (χ0n) is 13.0. The van der Waals surface area contributed by atoms with Gasteiger partial charge in [0, 0.05) is 11.4 Å². The van der Waals surface area contributed by atoms with Crippen molar-refractivity contribution in [2.75, 3.05) is 13.1 Å². The van der Waals surface area contributed by atoms with Gasteiger partial charge in [-0.25, -0.2) is 4.79 Å². The second-order valence-corrected chi connectivity index (χ2v) is 7.42. The first-order valence-corrected chi connectivity index (χ1v) is 8.00. The number of nitrogens with one attached hydrogen (secondary N) is 1.